The van der Waals surface area contributed by atoms with Crippen LogP contribution >= 0.6 is 11.3 Å². The number of carbonyl (C=O) groups is 2. The first kappa shape index (κ1) is 20.1. The first-order valence-electron chi connectivity index (χ1n) is 9.21. The summed E-state index contributed by atoms with van der Waals surface area (Å²) in [6, 6.07) is 2.54. The molecule has 2 amide bonds. The number of piperidine rings is 1. The number of nitrogens with zero attached hydrogens (tertiary/aromatic N) is 2. The monoisotopic (exact) mass is 415 g/mol. The Morgan fingerprint density at radius 3 is 2.63 bits per heavy atom. The predicted octanol–water partition coefficient (Wildman–Crippen LogP) is 1.64. The lowest BCUT2D eigenvalue weighted by Gasteiger charge is -2.32. The number of likely N-dealkylation sites (tertiary alicyclic amines) is 1. The van der Waals surface area contributed by atoms with Gasteiger partial charge in [-0.05, 0) is 44.1 Å². The lowest BCUT2D eigenvalue weighted by molar-refractivity contribution is -0.125. The van der Waals surface area contributed by atoms with Gasteiger partial charge in [-0.25, -0.2) is 13.2 Å². The third-order valence-corrected chi connectivity index (χ3v) is 8.21. The quantitative estimate of drug-likeness (QED) is 0.789. The lowest BCUT2D eigenvalue weighted by Crippen LogP contribution is -2.52. The molecule has 3 rings (SSSR count). The van der Waals surface area contributed by atoms with Crippen molar-refractivity contribution in [2.75, 3.05) is 26.2 Å². The molecule has 2 aliphatic rings. The standard InChI is InChI=1S/C17H25N3O5S2/c1-2-25-17(22)19-10-7-13(8-11-19)18-16(21)14-5-3-9-20(14)27(23,24)15-6-4-12-26-15/h4,6,12-14H,2-3,5,7-11H2,1H3,(H,18,21). The van der Waals surface area contributed by atoms with Crippen LogP contribution in [0.15, 0.2) is 21.7 Å². The fourth-order valence-corrected chi connectivity index (χ4v) is 6.31. The molecular formula is C17H25N3O5S2. The fraction of sp³-hybridized carbons (Fsp3) is 0.647. The molecule has 1 atom stereocenters. The van der Waals surface area contributed by atoms with Crippen molar-refractivity contribution >= 4 is 33.4 Å². The van der Waals surface area contributed by atoms with Gasteiger partial charge in [0.05, 0.1) is 6.61 Å². The highest BCUT2D eigenvalue weighted by molar-refractivity contribution is 7.91. The topological polar surface area (TPSA) is 96.0 Å². The summed E-state index contributed by atoms with van der Waals surface area (Å²) in [5.41, 5.74) is 0. The molecule has 1 unspecified atom stereocenters. The normalized spacial score (nSPS) is 22.0. The molecule has 1 N–H and O–H groups in total. The summed E-state index contributed by atoms with van der Waals surface area (Å²) in [5.74, 6) is -0.248. The largest absolute Gasteiger partial charge is 0.450 e. The molecule has 0 saturated carbocycles. The molecule has 27 heavy (non-hydrogen) atoms. The SMILES string of the molecule is CCOC(=O)N1CCC(NC(=O)C2CCCN2S(=O)(=O)c2cccs2)CC1. The molecule has 3 heterocycles. The molecule has 0 aromatic carbocycles. The molecule has 2 aliphatic heterocycles. The third-order valence-electron chi connectivity index (χ3n) is 4.93. The molecule has 0 radical (unpaired) electrons. The Morgan fingerprint density at radius 2 is 2.00 bits per heavy atom. The second-order valence-corrected chi connectivity index (χ2v) is 9.74. The van der Waals surface area contributed by atoms with E-state index in [0.717, 1.165) is 11.3 Å². The van der Waals surface area contributed by atoms with E-state index in [-0.39, 0.29) is 22.3 Å². The maximum Gasteiger partial charge on any atom is 0.409 e. The van der Waals surface area contributed by atoms with Crippen LogP contribution in [0.3, 0.4) is 0 Å². The zero-order valence-electron chi connectivity index (χ0n) is 15.3. The number of rotatable bonds is 5. The van der Waals surface area contributed by atoms with Gasteiger partial charge in [-0.2, -0.15) is 4.31 Å². The number of hydrogen-bond donors (Lipinski definition) is 1. The smallest absolute Gasteiger partial charge is 0.409 e. The second-order valence-electron chi connectivity index (χ2n) is 6.67. The number of ether oxygens (including phenoxy) is 1. The molecule has 0 spiro atoms. The van der Waals surface area contributed by atoms with Gasteiger partial charge in [-0.1, -0.05) is 6.07 Å². The summed E-state index contributed by atoms with van der Waals surface area (Å²) in [4.78, 5) is 26.1. The fourth-order valence-electron chi connectivity index (χ4n) is 3.53. The van der Waals surface area contributed by atoms with E-state index in [9.17, 15) is 18.0 Å². The number of thiophene rings is 1. The minimum absolute atomic E-state index is 0.0601. The number of sulfonamides is 1. The molecule has 2 saturated heterocycles. The Labute approximate surface area is 163 Å². The van der Waals surface area contributed by atoms with Crippen molar-refractivity contribution in [1.82, 2.24) is 14.5 Å². The summed E-state index contributed by atoms with van der Waals surface area (Å²) < 4.78 is 32.1. The molecule has 2 fully saturated rings. The van der Waals surface area contributed by atoms with E-state index in [2.05, 4.69) is 5.32 Å². The molecule has 1 aromatic heterocycles. The van der Waals surface area contributed by atoms with Crippen molar-refractivity contribution in [2.45, 2.75) is 48.9 Å². The van der Waals surface area contributed by atoms with Crippen LogP contribution in [0.5, 0.6) is 0 Å². The van der Waals surface area contributed by atoms with E-state index in [4.69, 9.17) is 4.74 Å². The summed E-state index contributed by atoms with van der Waals surface area (Å²) in [6.45, 7) is 3.51. The van der Waals surface area contributed by atoms with Gasteiger partial charge in [0.2, 0.25) is 5.91 Å². The van der Waals surface area contributed by atoms with Crippen LogP contribution in [0.1, 0.15) is 32.6 Å². The number of amides is 2. The van der Waals surface area contributed by atoms with Gasteiger partial charge in [-0.15, -0.1) is 11.3 Å². The molecule has 150 valence electrons. The minimum atomic E-state index is -3.64. The van der Waals surface area contributed by atoms with Crippen LogP contribution in [0.4, 0.5) is 4.79 Å². The van der Waals surface area contributed by atoms with Crippen LogP contribution in [0, 0.1) is 0 Å². The molecule has 0 aliphatic carbocycles. The second kappa shape index (κ2) is 8.57. The van der Waals surface area contributed by atoms with Crippen molar-refractivity contribution in [1.29, 1.82) is 0 Å². The number of carbonyl (C=O) groups excluding carboxylic acids is 2. The summed E-state index contributed by atoms with van der Waals surface area (Å²) >= 11 is 1.16. The van der Waals surface area contributed by atoms with Crippen molar-refractivity contribution in [3.05, 3.63) is 17.5 Å². The summed E-state index contributed by atoms with van der Waals surface area (Å²) in [7, 11) is -3.64. The Morgan fingerprint density at radius 1 is 1.26 bits per heavy atom. The van der Waals surface area contributed by atoms with E-state index < -0.39 is 16.1 Å². The summed E-state index contributed by atoms with van der Waals surface area (Å²) in [6.07, 6.45) is 2.14. The van der Waals surface area contributed by atoms with Crippen molar-refractivity contribution in [3.8, 4) is 0 Å². The molecular weight excluding hydrogens is 390 g/mol. The van der Waals surface area contributed by atoms with E-state index in [0.29, 0.717) is 51.9 Å². The third kappa shape index (κ3) is 4.44. The first-order valence-corrected chi connectivity index (χ1v) is 11.5. The van der Waals surface area contributed by atoms with Crippen LogP contribution < -0.4 is 5.32 Å². The number of nitrogens with one attached hydrogen (secondary N) is 1. The Bertz CT molecular complexity index is 758. The van der Waals surface area contributed by atoms with E-state index >= 15 is 0 Å². The summed E-state index contributed by atoms with van der Waals surface area (Å²) in [5, 5.41) is 4.70. The minimum Gasteiger partial charge on any atom is -0.450 e. The average Bonchev–Trinajstić information content (AvgIpc) is 3.35. The molecule has 8 nitrogen and oxygen atoms in total. The van der Waals surface area contributed by atoms with Crippen LogP contribution in [0.25, 0.3) is 0 Å². The van der Waals surface area contributed by atoms with Gasteiger partial charge in [0.25, 0.3) is 10.0 Å². The average molecular weight is 416 g/mol. The first-order chi connectivity index (χ1) is 12.9. The number of hydrogen-bond acceptors (Lipinski definition) is 6. The highest BCUT2D eigenvalue weighted by atomic mass is 32.2. The van der Waals surface area contributed by atoms with E-state index in [1.54, 1.807) is 29.3 Å². The maximum atomic E-state index is 12.8. The van der Waals surface area contributed by atoms with Gasteiger partial charge in [0, 0.05) is 25.7 Å². The highest BCUT2D eigenvalue weighted by Crippen LogP contribution is 2.28. The Hall–Kier alpha value is -1.65. The molecule has 1 aromatic rings. The maximum absolute atomic E-state index is 12.8. The van der Waals surface area contributed by atoms with Crippen molar-refractivity contribution in [3.63, 3.8) is 0 Å². The van der Waals surface area contributed by atoms with Gasteiger partial charge < -0.3 is 15.0 Å². The predicted molar refractivity (Wildman–Crippen MR) is 101 cm³/mol. The van der Waals surface area contributed by atoms with Crippen LogP contribution in [0.2, 0.25) is 0 Å². The zero-order chi connectivity index (χ0) is 19.4. The van der Waals surface area contributed by atoms with Crippen LogP contribution in [-0.2, 0) is 19.6 Å². The van der Waals surface area contributed by atoms with Crippen molar-refractivity contribution < 1.29 is 22.7 Å². The Kier molecular flexibility index (Phi) is 6.38. The molecule has 0 bridgehead atoms. The van der Waals surface area contributed by atoms with Gasteiger partial charge >= 0.3 is 6.09 Å². The van der Waals surface area contributed by atoms with Crippen LogP contribution in [-0.4, -0.2) is 67.9 Å². The van der Waals surface area contributed by atoms with Gasteiger partial charge in [-0.3, -0.25) is 4.79 Å². The van der Waals surface area contributed by atoms with Crippen molar-refractivity contribution in [2.24, 2.45) is 0 Å². The zero-order valence-corrected chi connectivity index (χ0v) is 16.9. The highest BCUT2D eigenvalue weighted by Gasteiger charge is 2.40. The Balaban J connectivity index is 1.57. The van der Waals surface area contributed by atoms with E-state index in [1.165, 1.54) is 4.31 Å². The molecule has 10 heteroatoms. The van der Waals surface area contributed by atoms with Gasteiger partial charge in [0.1, 0.15) is 10.3 Å². The lowest BCUT2D eigenvalue weighted by atomic mass is 10.0. The van der Waals surface area contributed by atoms with Gasteiger partial charge in [0.15, 0.2) is 0 Å². The van der Waals surface area contributed by atoms with E-state index in [1.807, 2.05) is 0 Å².